The molecule has 2 aromatic carbocycles. The summed E-state index contributed by atoms with van der Waals surface area (Å²) in [6, 6.07) is 13.9. The van der Waals surface area contributed by atoms with E-state index in [2.05, 4.69) is 6.07 Å². The lowest BCUT2D eigenvalue weighted by Crippen LogP contribution is -2.50. The highest BCUT2D eigenvalue weighted by atomic mass is 16.2. The number of benzene rings is 2. The average molecular weight is 392 g/mol. The molecule has 5 heteroatoms. The van der Waals surface area contributed by atoms with E-state index in [4.69, 9.17) is 5.73 Å². The molecule has 5 nitrogen and oxygen atoms in total. The molecule has 3 aliphatic rings. The summed E-state index contributed by atoms with van der Waals surface area (Å²) in [6.07, 6.45) is 6.12. The first kappa shape index (κ1) is 18.6. The molecule has 5 rings (SSSR count). The molecule has 2 aliphatic heterocycles. The van der Waals surface area contributed by atoms with E-state index < -0.39 is 0 Å². The zero-order valence-corrected chi connectivity index (χ0v) is 16.8. The summed E-state index contributed by atoms with van der Waals surface area (Å²) in [5.41, 5.74) is 6.73. The summed E-state index contributed by atoms with van der Waals surface area (Å²) in [4.78, 5) is 30.9. The fourth-order valence-electron chi connectivity index (χ4n) is 5.64. The van der Waals surface area contributed by atoms with Crippen LogP contribution in [0, 0.1) is 5.92 Å². The highest BCUT2D eigenvalue weighted by Crippen LogP contribution is 2.41. The molecule has 1 saturated carbocycles. The van der Waals surface area contributed by atoms with Crippen molar-refractivity contribution in [2.45, 2.75) is 56.7 Å². The quantitative estimate of drug-likeness (QED) is 0.855. The van der Waals surface area contributed by atoms with Crippen LogP contribution in [-0.4, -0.2) is 52.8 Å². The molecule has 152 valence electrons. The minimum absolute atomic E-state index is 0.00648. The molecule has 0 bridgehead atoms. The van der Waals surface area contributed by atoms with Gasteiger partial charge in [-0.3, -0.25) is 9.59 Å². The Kier molecular flexibility index (Phi) is 4.78. The third-order valence-electron chi connectivity index (χ3n) is 7.14. The molecule has 2 aromatic rings. The smallest absolute Gasteiger partial charge is 0.254 e. The van der Waals surface area contributed by atoms with Crippen molar-refractivity contribution in [3.63, 3.8) is 0 Å². The number of carbonyl (C=O) groups is 2. The molecule has 2 saturated heterocycles. The van der Waals surface area contributed by atoms with Crippen LogP contribution in [0.3, 0.4) is 0 Å². The van der Waals surface area contributed by atoms with Gasteiger partial charge >= 0.3 is 0 Å². The first-order chi connectivity index (χ1) is 14.1. The maximum atomic E-state index is 13.7. The van der Waals surface area contributed by atoms with E-state index in [-0.39, 0.29) is 29.9 Å². The van der Waals surface area contributed by atoms with Crippen molar-refractivity contribution in [2.75, 3.05) is 13.1 Å². The van der Waals surface area contributed by atoms with Gasteiger partial charge in [0.2, 0.25) is 5.91 Å². The Morgan fingerprint density at radius 3 is 2.55 bits per heavy atom. The minimum Gasteiger partial charge on any atom is -0.339 e. The number of rotatable bonds is 2. The summed E-state index contributed by atoms with van der Waals surface area (Å²) in [5.74, 6) is 0.548. The Morgan fingerprint density at radius 2 is 1.76 bits per heavy atom. The Morgan fingerprint density at radius 1 is 0.966 bits per heavy atom. The Balaban J connectivity index is 1.47. The van der Waals surface area contributed by atoms with Gasteiger partial charge in [-0.2, -0.15) is 0 Å². The predicted molar refractivity (Wildman–Crippen MR) is 113 cm³/mol. The SMILES string of the molecule is N[C@@H]1CCN(C(=O)C2CC3CCCCC3N2C(=O)c2ccc3ccccc3c2)C1. The summed E-state index contributed by atoms with van der Waals surface area (Å²) in [6.45, 7) is 1.33. The standard InChI is InChI=1S/C24H29N3O2/c25-20-11-12-26(15-20)24(29)22-14-18-7-3-4-8-21(18)27(22)23(28)19-10-9-16-5-1-2-6-17(16)13-19/h1-2,5-6,9-10,13,18,20-22H,3-4,7-8,11-12,14-15,25H2/t18?,20-,21?,22?/m1/s1. The van der Waals surface area contributed by atoms with Crippen molar-refractivity contribution in [1.29, 1.82) is 0 Å². The molecule has 0 aromatic heterocycles. The van der Waals surface area contributed by atoms with Crippen LogP contribution in [-0.2, 0) is 4.79 Å². The fourth-order valence-corrected chi connectivity index (χ4v) is 5.64. The van der Waals surface area contributed by atoms with E-state index in [1.165, 1.54) is 6.42 Å². The predicted octanol–water partition coefficient (Wildman–Crippen LogP) is 3.17. The van der Waals surface area contributed by atoms with E-state index >= 15 is 0 Å². The summed E-state index contributed by atoms with van der Waals surface area (Å²) < 4.78 is 0. The second kappa shape index (κ2) is 7.45. The van der Waals surface area contributed by atoms with Crippen LogP contribution in [0.2, 0.25) is 0 Å². The maximum Gasteiger partial charge on any atom is 0.254 e. The fraction of sp³-hybridized carbons (Fsp3) is 0.500. The van der Waals surface area contributed by atoms with Gasteiger partial charge in [0.25, 0.3) is 5.91 Å². The Labute approximate surface area is 171 Å². The van der Waals surface area contributed by atoms with Crippen LogP contribution in [0.1, 0.15) is 48.9 Å². The van der Waals surface area contributed by atoms with Crippen LogP contribution in [0.4, 0.5) is 0 Å². The topological polar surface area (TPSA) is 66.6 Å². The molecule has 0 radical (unpaired) electrons. The van der Waals surface area contributed by atoms with Crippen molar-refractivity contribution in [3.05, 3.63) is 48.0 Å². The molecule has 3 unspecified atom stereocenters. The third-order valence-corrected chi connectivity index (χ3v) is 7.14. The number of amides is 2. The summed E-state index contributed by atoms with van der Waals surface area (Å²) in [7, 11) is 0. The van der Waals surface area contributed by atoms with E-state index in [1.54, 1.807) is 0 Å². The molecular formula is C24H29N3O2. The molecule has 3 fully saturated rings. The van der Waals surface area contributed by atoms with Gasteiger partial charge in [0.05, 0.1) is 0 Å². The molecule has 2 heterocycles. The van der Waals surface area contributed by atoms with E-state index in [1.807, 2.05) is 46.2 Å². The van der Waals surface area contributed by atoms with Crippen LogP contribution < -0.4 is 5.73 Å². The number of hydrogen-bond donors (Lipinski definition) is 1. The van der Waals surface area contributed by atoms with E-state index in [0.717, 1.165) is 42.9 Å². The number of nitrogens with zero attached hydrogens (tertiary/aromatic N) is 2. The number of hydrogen-bond acceptors (Lipinski definition) is 3. The monoisotopic (exact) mass is 391 g/mol. The summed E-state index contributed by atoms with van der Waals surface area (Å²) >= 11 is 0. The molecule has 2 amide bonds. The van der Waals surface area contributed by atoms with Gasteiger partial charge in [0, 0.05) is 30.7 Å². The number of fused-ring (bicyclic) bond motifs is 2. The van der Waals surface area contributed by atoms with Crippen molar-refractivity contribution in [2.24, 2.45) is 11.7 Å². The number of nitrogens with two attached hydrogens (primary N) is 1. The molecular weight excluding hydrogens is 362 g/mol. The van der Waals surface area contributed by atoms with Crippen LogP contribution >= 0.6 is 0 Å². The maximum absolute atomic E-state index is 13.7. The van der Waals surface area contributed by atoms with Gasteiger partial charge in [-0.05, 0) is 54.5 Å². The largest absolute Gasteiger partial charge is 0.339 e. The molecule has 0 spiro atoms. The Bertz CT molecular complexity index is 943. The summed E-state index contributed by atoms with van der Waals surface area (Å²) in [5, 5.41) is 2.19. The van der Waals surface area contributed by atoms with E-state index in [0.29, 0.717) is 24.6 Å². The molecule has 2 N–H and O–H groups in total. The van der Waals surface area contributed by atoms with Gasteiger partial charge < -0.3 is 15.5 Å². The number of likely N-dealkylation sites (tertiary alicyclic amines) is 2. The van der Waals surface area contributed by atoms with Gasteiger partial charge in [-0.25, -0.2) is 0 Å². The second-order valence-corrected chi connectivity index (χ2v) is 8.97. The first-order valence-corrected chi connectivity index (χ1v) is 11.0. The lowest BCUT2D eigenvalue weighted by Gasteiger charge is -2.34. The van der Waals surface area contributed by atoms with Crippen LogP contribution in [0.15, 0.2) is 42.5 Å². The van der Waals surface area contributed by atoms with Crippen molar-refractivity contribution < 1.29 is 9.59 Å². The van der Waals surface area contributed by atoms with Crippen molar-refractivity contribution in [1.82, 2.24) is 9.80 Å². The molecule has 29 heavy (non-hydrogen) atoms. The molecule has 4 atom stereocenters. The van der Waals surface area contributed by atoms with Crippen LogP contribution in [0.5, 0.6) is 0 Å². The van der Waals surface area contributed by atoms with Gasteiger partial charge in [-0.15, -0.1) is 0 Å². The zero-order valence-electron chi connectivity index (χ0n) is 16.8. The highest BCUT2D eigenvalue weighted by Gasteiger charge is 2.49. The van der Waals surface area contributed by atoms with Crippen molar-refractivity contribution in [3.8, 4) is 0 Å². The van der Waals surface area contributed by atoms with Gasteiger partial charge in [0.15, 0.2) is 0 Å². The normalized spacial score (nSPS) is 29.3. The minimum atomic E-state index is -0.340. The lowest BCUT2D eigenvalue weighted by molar-refractivity contribution is -0.134. The third kappa shape index (κ3) is 3.31. The highest BCUT2D eigenvalue weighted by molar-refractivity contribution is 6.01. The van der Waals surface area contributed by atoms with E-state index in [9.17, 15) is 9.59 Å². The first-order valence-electron chi connectivity index (χ1n) is 11.0. The van der Waals surface area contributed by atoms with Crippen LogP contribution in [0.25, 0.3) is 10.8 Å². The molecule has 1 aliphatic carbocycles. The second-order valence-electron chi connectivity index (χ2n) is 8.97. The van der Waals surface area contributed by atoms with Gasteiger partial charge in [-0.1, -0.05) is 43.2 Å². The number of carbonyl (C=O) groups excluding carboxylic acids is 2. The Hall–Kier alpha value is -2.40. The lowest BCUT2D eigenvalue weighted by atomic mass is 9.84. The van der Waals surface area contributed by atoms with Crippen molar-refractivity contribution >= 4 is 22.6 Å². The average Bonchev–Trinajstić information content (AvgIpc) is 3.36. The zero-order chi connectivity index (χ0) is 20.0. The van der Waals surface area contributed by atoms with Gasteiger partial charge in [0.1, 0.15) is 6.04 Å².